The maximum Gasteiger partial charge on any atom is 0.261 e. The topological polar surface area (TPSA) is 34.9 Å². The van der Waals surface area contributed by atoms with Gasteiger partial charge in [-0.25, -0.2) is 4.98 Å². The van der Waals surface area contributed by atoms with E-state index < -0.39 is 0 Å². The minimum atomic E-state index is -0.263. The second-order valence-corrected chi connectivity index (χ2v) is 6.19. The molecule has 0 aliphatic rings. The van der Waals surface area contributed by atoms with E-state index >= 15 is 0 Å². The fourth-order valence-corrected chi connectivity index (χ4v) is 3.15. The number of thiophene rings is 1. The zero-order valence-corrected chi connectivity index (χ0v) is 13.2. The van der Waals surface area contributed by atoms with E-state index in [0.717, 1.165) is 12.0 Å². The Morgan fingerprint density at radius 1 is 1.33 bits per heavy atom. The number of rotatable bonds is 4. The monoisotopic (exact) mass is 318 g/mol. The lowest BCUT2D eigenvalue weighted by Crippen LogP contribution is -2.26. The molecule has 3 aromatic rings. The van der Waals surface area contributed by atoms with Crippen LogP contribution in [0, 0.1) is 0 Å². The van der Waals surface area contributed by atoms with Crippen LogP contribution in [0.1, 0.15) is 30.1 Å². The second-order valence-electron chi connectivity index (χ2n) is 4.89. The third-order valence-electron chi connectivity index (χ3n) is 3.45. The molecule has 0 aliphatic heterocycles. The van der Waals surface area contributed by atoms with Gasteiger partial charge in [-0.1, -0.05) is 19.1 Å². The summed E-state index contributed by atoms with van der Waals surface area (Å²) >= 11 is 8.01. The summed E-state index contributed by atoms with van der Waals surface area (Å²) in [6, 6.07) is 9.43. The molecule has 2 aromatic heterocycles. The number of fused-ring (bicyclic) bond motifs is 1. The van der Waals surface area contributed by atoms with E-state index in [1.807, 2.05) is 48.0 Å². The normalized spacial score (nSPS) is 12.7. The van der Waals surface area contributed by atoms with Crippen LogP contribution in [0.2, 0.25) is 0 Å². The molecule has 0 N–H and O–H groups in total. The Hall–Kier alpha value is -1.65. The molecule has 2 heterocycles. The number of halogens is 1. The molecule has 0 amide bonds. The standard InChI is InChI=1S/C16H15ClN2OS/c1-2-13(17)15-18-14-6-4-3-5-12(14)16(20)19(15)9-11-7-8-21-10-11/h3-8,10,13H,2,9H2,1H3. The summed E-state index contributed by atoms with van der Waals surface area (Å²) in [5, 5.41) is 4.42. The molecule has 0 spiro atoms. The Labute approximate surface area is 131 Å². The molecule has 3 nitrogen and oxygen atoms in total. The molecule has 3 rings (SSSR count). The number of alkyl halides is 1. The van der Waals surface area contributed by atoms with Gasteiger partial charge in [0.05, 0.1) is 22.8 Å². The lowest BCUT2D eigenvalue weighted by atomic mass is 10.2. The number of hydrogen-bond donors (Lipinski definition) is 0. The van der Waals surface area contributed by atoms with Crippen molar-refractivity contribution in [3.05, 3.63) is 62.8 Å². The summed E-state index contributed by atoms with van der Waals surface area (Å²) in [6.07, 6.45) is 0.732. The highest BCUT2D eigenvalue weighted by Gasteiger charge is 2.17. The van der Waals surface area contributed by atoms with Gasteiger partial charge in [0.2, 0.25) is 0 Å². The minimum Gasteiger partial charge on any atom is -0.290 e. The lowest BCUT2D eigenvalue weighted by molar-refractivity contribution is 0.654. The fraction of sp³-hybridized carbons (Fsp3) is 0.250. The van der Waals surface area contributed by atoms with Crippen LogP contribution in [0.4, 0.5) is 0 Å². The molecule has 108 valence electrons. The van der Waals surface area contributed by atoms with E-state index in [-0.39, 0.29) is 10.9 Å². The van der Waals surface area contributed by atoms with Crippen molar-refractivity contribution >= 4 is 33.8 Å². The van der Waals surface area contributed by atoms with Crippen molar-refractivity contribution in [1.29, 1.82) is 0 Å². The minimum absolute atomic E-state index is 0.0269. The van der Waals surface area contributed by atoms with Gasteiger partial charge in [0.15, 0.2) is 0 Å². The average molecular weight is 319 g/mol. The molecule has 0 radical (unpaired) electrons. The third kappa shape index (κ3) is 2.74. The van der Waals surface area contributed by atoms with Crippen molar-refractivity contribution < 1.29 is 0 Å². The van der Waals surface area contributed by atoms with Crippen molar-refractivity contribution in [3.63, 3.8) is 0 Å². The van der Waals surface area contributed by atoms with Crippen LogP contribution in [0.5, 0.6) is 0 Å². The zero-order chi connectivity index (χ0) is 14.8. The Morgan fingerprint density at radius 2 is 2.14 bits per heavy atom. The maximum atomic E-state index is 12.8. The Kier molecular flexibility index (Phi) is 4.08. The van der Waals surface area contributed by atoms with E-state index in [9.17, 15) is 4.79 Å². The van der Waals surface area contributed by atoms with Gasteiger partial charge in [0.1, 0.15) is 5.82 Å². The Bertz CT molecular complexity index is 811. The first-order valence-corrected chi connectivity index (χ1v) is 8.23. The summed E-state index contributed by atoms with van der Waals surface area (Å²) in [5.74, 6) is 0.647. The summed E-state index contributed by atoms with van der Waals surface area (Å²) in [5.41, 5.74) is 1.78. The summed E-state index contributed by atoms with van der Waals surface area (Å²) < 4.78 is 1.70. The van der Waals surface area contributed by atoms with Gasteiger partial charge in [-0.05, 0) is 40.9 Å². The summed E-state index contributed by atoms with van der Waals surface area (Å²) in [4.78, 5) is 17.4. The molecule has 0 fully saturated rings. The average Bonchev–Trinajstić information content (AvgIpc) is 3.02. The first kappa shape index (κ1) is 14.3. The first-order valence-electron chi connectivity index (χ1n) is 6.85. The SMILES string of the molecule is CCC(Cl)c1nc2ccccc2c(=O)n1Cc1ccsc1. The highest BCUT2D eigenvalue weighted by molar-refractivity contribution is 7.07. The van der Waals surface area contributed by atoms with Crippen molar-refractivity contribution in [2.75, 3.05) is 0 Å². The van der Waals surface area contributed by atoms with Crippen LogP contribution < -0.4 is 5.56 Å². The molecule has 0 saturated heterocycles. The Morgan fingerprint density at radius 3 is 2.86 bits per heavy atom. The second kappa shape index (κ2) is 6.00. The van der Waals surface area contributed by atoms with Crippen LogP contribution in [0.15, 0.2) is 45.9 Å². The molecule has 1 aromatic carbocycles. The molecule has 1 atom stereocenters. The summed E-state index contributed by atoms with van der Waals surface area (Å²) in [7, 11) is 0. The van der Waals surface area contributed by atoms with Crippen LogP contribution >= 0.6 is 22.9 Å². The van der Waals surface area contributed by atoms with Gasteiger partial charge in [0.25, 0.3) is 5.56 Å². The van der Waals surface area contributed by atoms with Gasteiger partial charge in [-0.2, -0.15) is 11.3 Å². The third-order valence-corrected chi connectivity index (χ3v) is 4.69. The quantitative estimate of drug-likeness (QED) is 0.676. The highest BCUT2D eigenvalue weighted by Crippen LogP contribution is 2.23. The molecule has 0 aliphatic carbocycles. The Balaban J connectivity index is 2.23. The van der Waals surface area contributed by atoms with Crippen molar-refractivity contribution in [2.24, 2.45) is 0 Å². The van der Waals surface area contributed by atoms with E-state index in [1.54, 1.807) is 15.9 Å². The van der Waals surface area contributed by atoms with Crippen LogP contribution in [-0.2, 0) is 6.54 Å². The molecule has 1 unspecified atom stereocenters. The predicted octanol–water partition coefficient (Wildman–Crippen LogP) is 4.20. The highest BCUT2D eigenvalue weighted by atomic mass is 35.5. The van der Waals surface area contributed by atoms with Gasteiger partial charge in [0, 0.05) is 0 Å². The van der Waals surface area contributed by atoms with Gasteiger partial charge >= 0.3 is 0 Å². The van der Waals surface area contributed by atoms with Crippen molar-refractivity contribution in [1.82, 2.24) is 9.55 Å². The number of hydrogen-bond acceptors (Lipinski definition) is 3. The largest absolute Gasteiger partial charge is 0.290 e. The number of para-hydroxylation sites is 1. The lowest BCUT2D eigenvalue weighted by Gasteiger charge is -2.15. The van der Waals surface area contributed by atoms with Crippen molar-refractivity contribution in [2.45, 2.75) is 25.3 Å². The number of benzene rings is 1. The van der Waals surface area contributed by atoms with Gasteiger partial charge in [-0.3, -0.25) is 9.36 Å². The maximum absolute atomic E-state index is 12.8. The molecule has 0 bridgehead atoms. The fourth-order valence-electron chi connectivity index (χ4n) is 2.32. The van der Waals surface area contributed by atoms with E-state index in [0.29, 0.717) is 23.3 Å². The molecule has 5 heteroatoms. The van der Waals surface area contributed by atoms with Crippen LogP contribution in [0.3, 0.4) is 0 Å². The van der Waals surface area contributed by atoms with Gasteiger partial charge < -0.3 is 0 Å². The van der Waals surface area contributed by atoms with E-state index in [2.05, 4.69) is 4.98 Å². The van der Waals surface area contributed by atoms with Gasteiger partial charge in [-0.15, -0.1) is 11.6 Å². The number of aromatic nitrogens is 2. The smallest absolute Gasteiger partial charge is 0.261 e. The molecule has 0 saturated carbocycles. The predicted molar refractivity (Wildman–Crippen MR) is 88.3 cm³/mol. The van der Waals surface area contributed by atoms with E-state index in [4.69, 9.17) is 11.6 Å². The van der Waals surface area contributed by atoms with Crippen LogP contribution in [0.25, 0.3) is 10.9 Å². The zero-order valence-electron chi connectivity index (χ0n) is 11.6. The van der Waals surface area contributed by atoms with Crippen molar-refractivity contribution in [3.8, 4) is 0 Å². The molecular formula is C16H15ClN2OS. The molecular weight excluding hydrogens is 304 g/mol. The van der Waals surface area contributed by atoms with E-state index in [1.165, 1.54) is 0 Å². The van der Waals surface area contributed by atoms with Crippen LogP contribution in [-0.4, -0.2) is 9.55 Å². The summed E-state index contributed by atoms with van der Waals surface area (Å²) in [6.45, 7) is 2.51. The first-order chi connectivity index (χ1) is 10.2. The molecule has 21 heavy (non-hydrogen) atoms. The number of nitrogens with zero attached hydrogens (tertiary/aromatic N) is 2.